The first-order valence-electron chi connectivity index (χ1n) is 6.56. The summed E-state index contributed by atoms with van der Waals surface area (Å²) in [5, 5.41) is 7.85. The number of nitrogens with one attached hydrogen (secondary N) is 1. The summed E-state index contributed by atoms with van der Waals surface area (Å²) in [4.78, 5) is 0. The van der Waals surface area contributed by atoms with E-state index in [1.165, 1.54) is 43.4 Å². The maximum absolute atomic E-state index is 4.61. The van der Waals surface area contributed by atoms with Crippen LogP contribution in [0.25, 0.3) is 0 Å². The Balaban J connectivity index is 2.21. The summed E-state index contributed by atoms with van der Waals surface area (Å²) in [5.41, 5.74) is 2.85. The Labute approximate surface area is 98.2 Å². The second kappa shape index (κ2) is 5.48. The highest BCUT2D eigenvalue weighted by Crippen LogP contribution is 2.31. The molecule has 1 heterocycles. The summed E-state index contributed by atoms with van der Waals surface area (Å²) < 4.78 is 2.31. The molecule has 16 heavy (non-hydrogen) atoms. The molecule has 1 N–H and O–H groups in total. The van der Waals surface area contributed by atoms with Crippen LogP contribution >= 0.6 is 0 Å². The predicted molar refractivity (Wildman–Crippen MR) is 66.5 cm³/mol. The van der Waals surface area contributed by atoms with Gasteiger partial charge in [-0.2, -0.15) is 5.10 Å². The lowest BCUT2D eigenvalue weighted by atomic mass is 10.1. The molecule has 0 aromatic carbocycles. The van der Waals surface area contributed by atoms with Crippen LogP contribution in [0.2, 0.25) is 0 Å². The maximum atomic E-state index is 4.61. The van der Waals surface area contributed by atoms with Gasteiger partial charge in [-0.15, -0.1) is 0 Å². The van der Waals surface area contributed by atoms with Crippen molar-refractivity contribution in [1.29, 1.82) is 0 Å². The molecule has 1 saturated carbocycles. The van der Waals surface area contributed by atoms with Crippen LogP contribution in [-0.4, -0.2) is 16.8 Å². The standard InChI is InChI=1S/C13H23N3/c1-3-6-13-11(9-14-2)10-15-16(13)12-7-4-5-8-12/h10,12,14H,3-9H2,1-2H3. The summed E-state index contributed by atoms with van der Waals surface area (Å²) in [7, 11) is 2.00. The first kappa shape index (κ1) is 11.6. The van der Waals surface area contributed by atoms with Crippen molar-refractivity contribution < 1.29 is 0 Å². The lowest BCUT2D eigenvalue weighted by Crippen LogP contribution is -2.13. The molecule has 0 spiro atoms. The first-order chi connectivity index (χ1) is 7.86. The molecule has 1 fully saturated rings. The van der Waals surface area contributed by atoms with E-state index in [1.54, 1.807) is 0 Å². The fourth-order valence-electron chi connectivity index (χ4n) is 2.74. The zero-order valence-corrected chi connectivity index (χ0v) is 10.5. The summed E-state index contributed by atoms with van der Waals surface area (Å²) >= 11 is 0. The number of nitrogens with zero attached hydrogens (tertiary/aromatic N) is 2. The topological polar surface area (TPSA) is 29.9 Å². The molecule has 0 bridgehead atoms. The summed E-state index contributed by atoms with van der Waals surface area (Å²) in [6.45, 7) is 3.19. The molecule has 1 aliphatic carbocycles. The average Bonchev–Trinajstić information content (AvgIpc) is 2.89. The Hall–Kier alpha value is -0.830. The van der Waals surface area contributed by atoms with Gasteiger partial charge in [0, 0.05) is 17.8 Å². The Bertz CT molecular complexity index is 324. The third kappa shape index (κ3) is 2.29. The van der Waals surface area contributed by atoms with Crippen LogP contribution in [0.1, 0.15) is 56.3 Å². The van der Waals surface area contributed by atoms with Crippen molar-refractivity contribution >= 4 is 0 Å². The number of aromatic nitrogens is 2. The zero-order chi connectivity index (χ0) is 11.4. The molecule has 0 amide bonds. The normalized spacial score (nSPS) is 17.1. The van der Waals surface area contributed by atoms with Crippen molar-refractivity contribution in [3.63, 3.8) is 0 Å². The Morgan fingerprint density at radius 1 is 1.44 bits per heavy atom. The van der Waals surface area contributed by atoms with Crippen molar-refractivity contribution in [3.8, 4) is 0 Å². The summed E-state index contributed by atoms with van der Waals surface area (Å²) in [6, 6.07) is 0.673. The molecule has 0 unspecified atom stereocenters. The number of hydrogen-bond donors (Lipinski definition) is 1. The van der Waals surface area contributed by atoms with Crippen molar-refractivity contribution in [2.45, 2.75) is 58.0 Å². The monoisotopic (exact) mass is 221 g/mol. The van der Waals surface area contributed by atoms with Gasteiger partial charge in [0.1, 0.15) is 0 Å². The van der Waals surface area contributed by atoms with Crippen molar-refractivity contribution in [1.82, 2.24) is 15.1 Å². The van der Waals surface area contributed by atoms with Crippen LogP contribution in [0.5, 0.6) is 0 Å². The predicted octanol–water partition coefficient (Wildman–Crippen LogP) is 2.67. The molecule has 1 aliphatic rings. The summed E-state index contributed by atoms with van der Waals surface area (Å²) in [5.74, 6) is 0. The largest absolute Gasteiger partial charge is 0.316 e. The fraction of sp³-hybridized carbons (Fsp3) is 0.769. The van der Waals surface area contributed by atoms with Gasteiger partial charge in [-0.25, -0.2) is 0 Å². The minimum absolute atomic E-state index is 0.673. The maximum Gasteiger partial charge on any atom is 0.0537 e. The van der Waals surface area contributed by atoms with E-state index >= 15 is 0 Å². The minimum Gasteiger partial charge on any atom is -0.316 e. The molecule has 3 heteroatoms. The smallest absolute Gasteiger partial charge is 0.0537 e. The summed E-state index contributed by atoms with van der Waals surface area (Å²) in [6.07, 6.45) is 9.80. The molecule has 2 rings (SSSR count). The first-order valence-corrected chi connectivity index (χ1v) is 6.56. The minimum atomic E-state index is 0.673. The molecule has 1 aromatic rings. The van der Waals surface area contributed by atoms with Gasteiger partial charge in [-0.3, -0.25) is 4.68 Å². The van der Waals surface area contributed by atoms with Gasteiger partial charge in [-0.05, 0) is 26.3 Å². The van der Waals surface area contributed by atoms with Crippen molar-refractivity contribution in [2.75, 3.05) is 7.05 Å². The third-order valence-electron chi connectivity index (χ3n) is 3.51. The molecule has 0 radical (unpaired) electrons. The van der Waals surface area contributed by atoms with Gasteiger partial charge >= 0.3 is 0 Å². The lowest BCUT2D eigenvalue weighted by molar-refractivity contribution is 0.447. The molecule has 0 aliphatic heterocycles. The Kier molecular flexibility index (Phi) is 3.99. The van der Waals surface area contributed by atoms with E-state index in [0.29, 0.717) is 6.04 Å². The SMILES string of the molecule is CCCc1c(CNC)cnn1C1CCCC1. The molecular weight excluding hydrogens is 198 g/mol. The molecule has 3 nitrogen and oxygen atoms in total. The van der Waals surface area contributed by atoms with Crippen molar-refractivity contribution in [3.05, 3.63) is 17.5 Å². The van der Waals surface area contributed by atoms with Gasteiger partial charge in [0.2, 0.25) is 0 Å². The third-order valence-corrected chi connectivity index (χ3v) is 3.51. The quantitative estimate of drug-likeness (QED) is 0.828. The van der Waals surface area contributed by atoms with E-state index in [2.05, 4.69) is 28.2 Å². The highest BCUT2D eigenvalue weighted by molar-refractivity contribution is 5.18. The average molecular weight is 221 g/mol. The van der Waals surface area contributed by atoms with Gasteiger partial charge < -0.3 is 5.32 Å². The van der Waals surface area contributed by atoms with Crippen LogP contribution in [0.3, 0.4) is 0 Å². The van der Waals surface area contributed by atoms with Gasteiger partial charge in [0.25, 0.3) is 0 Å². The van der Waals surface area contributed by atoms with E-state index < -0.39 is 0 Å². The molecule has 90 valence electrons. The van der Waals surface area contributed by atoms with Gasteiger partial charge in [0.05, 0.1) is 12.2 Å². The molecule has 0 atom stereocenters. The molecule has 0 saturated heterocycles. The van der Waals surface area contributed by atoms with Crippen LogP contribution in [-0.2, 0) is 13.0 Å². The van der Waals surface area contributed by atoms with Crippen molar-refractivity contribution in [2.24, 2.45) is 0 Å². The van der Waals surface area contributed by atoms with Crippen LogP contribution in [0.4, 0.5) is 0 Å². The lowest BCUT2D eigenvalue weighted by Gasteiger charge is -2.15. The van der Waals surface area contributed by atoms with Crippen LogP contribution < -0.4 is 5.32 Å². The highest BCUT2D eigenvalue weighted by Gasteiger charge is 2.21. The van der Waals surface area contributed by atoms with Gasteiger partial charge in [0.15, 0.2) is 0 Å². The Morgan fingerprint density at radius 2 is 2.19 bits per heavy atom. The number of hydrogen-bond acceptors (Lipinski definition) is 2. The number of rotatable bonds is 5. The Morgan fingerprint density at radius 3 is 2.81 bits per heavy atom. The van der Waals surface area contributed by atoms with Gasteiger partial charge in [-0.1, -0.05) is 26.2 Å². The van der Waals surface area contributed by atoms with E-state index in [1.807, 2.05) is 7.05 Å². The second-order valence-corrected chi connectivity index (χ2v) is 4.78. The zero-order valence-electron chi connectivity index (χ0n) is 10.5. The van der Waals surface area contributed by atoms with Crippen LogP contribution in [0, 0.1) is 0 Å². The van der Waals surface area contributed by atoms with E-state index in [4.69, 9.17) is 0 Å². The highest BCUT2D eigenvalue weighted by atomic mass is 15.3. The van der Waals surface area contributed by atoms with Crippen LogP contribution in [0.15, 0.2) is 6.20 Å². The van der Waals surface area contributed by atoms with E-state index in [-0.39, 0.29) is 0 Å². The van der Waals surface area contributed by atoms with E-state index in [9.17, 15) is 0 Å². The molecule has 1 aromatic heterocycles. The second-order valence-electron chi connectivity index (χ2n) is 4.78. The molecular formula is C13H23N3. The fourth-order valence-corrected chi connectivity index (χ4v) is 2.74. The van der Waals surface area contributed by atoms with E-state index in [0.717, 1.165) is 13.0 Å².